The van der Waals surface area contributed by atoms with E-state index in [0.29, 0.717) is 29.8 Å². The first-order chi connectivity index (χ1) is 29.7. The van der Waals surface area contributed by atoms with E-state index >= 15 is 0 Å². The normalized spacial score (nSPS) is 15.8. The van der Waals surface area contributed by atoms with E-state index in [2.05, 4.69) is 18.2 Å². The Bertz CT molecular complexity index is 2610. The van der Waals surface area contributed by atoms with Gasteiger partial charge in [-0.15, -0.1) is 0 Å². The van der Waals surface area contributed by atoms with Crippen LogP contribution >= 0.6 is 0 Å². The Morgan fingerprint density at radius 3 is 1.48 bits per heavy atom. The maximum atomic E-state index is 11.9. The van der Waals surface area contributed by atoms with Gasteiger partial charge in [-0.05, 0) is 89.2 Å². The Kier molecular flexibility index (Phi) is 14.0. The van der Waals surface area contributed by atoms with Crippen LogP contribution in [-0.4, -0.2) is 33.3 Å². The van der Waals surface area contributed by atoms with Gasteiger partial charge in [-0.3, -0.25) is 19.2 Å². The Hall–Kier alpha value is -6.60. The van der Waals surface area contributed by atoms with Gasteiger partial charge in [0.2, 0.25) is 0 Å². The summed E-state index contributed by atoms with van der Waals surface area (Å²) in [5, 5.41) is 21.3. The summed E-state index contributed by atoms with van der Waals surface area (Å²) in [6.45, 7) is 1.78. The van der Waals surface area contributed by atoms with Crippen LogP contribution in [0.4, 0.5) is 0 Å². The van der Waals surface area contributed by atoms with Crippen LogP contribution in [0.15, 0.2) is 164 Å². The van der Waals surface area contributed by atoms with E-state index in [-0.39, 0.29) is 29.6 Å². The second-order valence-corrected chi connectivity index (χ2v) is 15.6. The van der Waals surface area contributed by atoms with E-state index in [1.807, 2.05) is 121 Å². The van der Waals surface area contributed by atoms with E-state index in [1.54, 1.807) is 31.2 Å². The number of aliphatic hydroxyl groups excluding tert-OH is 2. The first-order valence-corrected chi connectivity index (χ1v) is 21.1. The van der Waals surface area contributed by atoms with Gasteiger partial charge in [0, 0.05) is 47.1 Å². The van der Waals surface area contributed by atoms with Crippen molar-refractivity contribution >= 4 is 33.9 Å². The zero-order chi connectivity index (χ0) is 42.7. The van der Waals surface area contributed by atoms with Gasteiger partial charge >= 0.3 is 0 Å². The molecule has 0 aliphatic heterocycles. The van der Waals surface area contributed by atoms with Gasteiger partial charge in [-0.1, -0.05) is 158 Å². The van der Waals surface area contributed by atoms with Gasteiger partial charge in [0.05, 0.1) is 12.2 Å². The lowest BCUT2D eigenvalue weighted by molar-refractivity contribution is 0.0890. The molecule has 306 valence electrons. The highest BCUT2D eigenvalue weighted by Crippen LogP contribution is 2.36. The number of carbonyl (C=O) groups excluding carboxylic acids is 4. The third-order valence-electron chi connectivity index (χ3n) is 11.5. The molecule has 7 aromatic carbocycles. The molecule has 6 nitrogen and oxygen atoms in total. The molecule has 0 saturated heterocycles. The topological polar surface area (TPSA) is 109 Å². The molecule has 0 spiro atoms. The summed E-state index contributed by atoms with van der Waals surface area (Å²) >= 11 is 0. The van der Waals surface area contributed by atoms with E-state index in [4.69, 9.17) is 0 Å². The number of carbonyl (C=O) groups is 4. The third-order valence-corrected chi connectivity index (χ3v) is 11.5. The fraction of sp³-hybridized carbons (Fsp3) is 0.200. The van der Waals surface area contributed by atoms with Crippen molar-refractivity contribution in [2.75, 3.05) is 0 Å². The summed E-state index contributed by atoms with van der Waals surface area (Å²) in [7, 11) is 0. The number of fused-ring (bicyclic) bond motifs is 7. The number of hydrogen-bond donors (Lipinski definition) is 2. The molecule has 0 amide bonds. The molecule has 11 rings (SSSR count). The average Bonchev–Trinajstić information content (AvgIpc) is 3.60. The van der Waals surface area contributed by atoms with Crippen LogP contribution in [0.1, 0.15) is 127 Å². The van der Waals surface area contributed by atoms with Crippen molar-refractivity contribution in [2.45, 2.75) is 70.5 Å². The number of rotatable bonds is 1. The molecule has 0 bridgehead atoms. The minimum atomic E-state index is -0.385. The van der Waals surface area contributed by atoms with Crippen LogP contribution in [0.3, 0.4) is 0 Å². The van der Waals surface area contributed by atoms with Crippen molar-refractivity contribution in [2.24, 2.45) is 0 Å². The van der Waals surface area contributed by atoms with Crippen LogP contribution in [0.5, 0.6) is 0 Å². The van der Waals surface area contributed by atoms with Crippen molar-refractivity contribution in [1.82, 2.24) is 0 Å². The summed E-state index contributed by atoms with van der Waals surface area (Å²) in [4.78, 5) is 45.7. The van der Waals surface area contributed by atoms with Crippen molar-refractivity contribution in [3.05, 3.63) is 214 Å². The predicted octanol–water partition coefficient (Wildman–Crippen LogP) is 11.9. The first-order valence-electron chi connectivity index (χ1n) is 21.1. The van der Waals surface area contributed by atoms with Crippen LogP contribution in [0.2, 0.25) is 0 Å². The Morgan fingerprint density at radius 1 is 0.443 bits per heavy atom. The monoisotopic (exact) mass is 806 g/mol. The minimum absolute atomic E-state index is 0.0881. The number of hydrogen-bond acceptors (Lipinski definition) is 6. The molecule has 0 heterocycles. The molecular formula is C55H50O6. The molecule has 0 aromatic heterocycles. The van der Waals surface area contributed by atoms with Gasteiger partial charge in [-0.25, -0.2) is 0 Å². The summed E-state index contributed by atoms with van der Waals surface area (Å²) in [5.41, 5.74) is 10.6. The summed E-state index contributed by atoms with van der Waals surface area (Å²) in [5.74, 6) is 0.637. The van der Waals surface area contributed by atoms with Crippen molar-refractivity contribution < 1.29 is 29.4 Å². The van der Waals surface area contributed by atoms with Crippen molar-refractivity contribution in [3.8, 4) is 11.1 Å². The average molecular weight is 807 g/mol. The van der Waals surface area contributed by atoms with E-state index < -0.39 is 0 Å². The highest BCUT2D eigenvalue weighted by molar-refractivity contribution is 6.21. The number of aryl methyl sites for hydroxylation is 2. The number of Topliss-reactive ketones (excluding diaryl/α,β-unsaturated/α-hetero) is 3. The molecule has 0 radical (unpaired) electrons. The molecule has 4 aliphatic rings. The largest absolute Gasteiger partial charge is 0.389 e. The quantitative estimate of drug-likeness (QED) is 0.171. The second kappa shape index (κ2) is 20.1. The smallest absolute Gasteiger partial charge is 0.194 e. The number of benzene rings is 7. The molecule has 2 N–H and O–H groups in total. The first kappa shape index (κ1) is 42.5. The van der Waals surface area contributed by atoms with Crippen LogP contribution < -0.4 is 0 Å². The summed E-state index contributed by atoms with van der Waals surface area (Å²) < 4.78 is 0. The molecule has 2 unspecified atom stereocenters. The lowest BCUT2D eigenvalue weighted by atomic mass is 9.90. The molecule has 2 atom stereocenters. The highest BCUT2D eigenvalue weighted by atomic mass is 16.3. The number of aliphatic hydroxyl groups is 2. The van der Waals surface area contributed by atoms with Gasteiger partial charge in [0.15, 0.2) is 23.1 Å². The second-order valence-electron chi connectivity index (χ2n) is 15.6. The van der Waals surface area contributed by atoms with E-state index in [0.717, 1.165) is 77.5 Å². The fourth-order valence-electron chi connectivity index (χ4n) is 8.22. The van der Waals surface area contributed by atoms with Crippen molar-refractivity contribution in [1.29, 1.82) is 0 Å². The maximum Gasteiger partial charge on any atom is 0.194 e. The van der Waals surface area contributed by atoms with E-state index in [9.17, 15) is 29.4 Å². The molecule has 0 fully saturated rings. The fourth-order valence-corrected chi connectivity index (χ4v) is 8.22. The van der Waals surface area contributed by atoms with Gasteiger partial charge in [0.25, 0.3) is 0 Å². The Morgan fingerprint density at radius 2 is 0.902 bits per heavy atom. The zero-order valence-electron chi connectivity index (χ0n) is 34.4. The van der Waals surface area contributed by atoms with Crippen LogP contribution in [0.25, 0.3) is 21.9 Å². The molecular weight excluding hydrogens is 757 g/mol. The SMILES string of the molecule is CC(O)c1ccc2ccccc2c1.O=C1CCC(=O)c2ccccc21.O=C1CCCc2ccccc21.O=C1c2ccccc2-c2ccccc21.OC1CCCc2ccccc21. The third kappa shape index (κ3) is 10.2. The maximum absolute atomic E-state index is 11.9. The zero-order valence-corrected chi connectivity index (χ0v) is 34.4. The summed E-state index contributed by atoms with van der Waals surface area (Å²) in [6.07, 6.45) is 6.16. The predicted molar refractivity (Wildman–Crippen MR) is 242 cm³/mol. The molecule has 6 heteroatoms. The Balaban J connectivity index is 0.000000115. The highest BCUT2D eigenvalue weighted by Gasteiger charge is 2.25. The Labute approximate surface area is 357 Å². The molecule has 0 saturated carbocycles. The van der Waals surface area contributed by atoms with Gasteiger partial charge in [-0.2, -0.15) is 0 Å². The van der Waals surface area contributed by atoms with Gasteiger partial charge in [0.1, 0.15) is 0 Å². The lowest BCUT2D eigenvalue weighted by Gasteiger charge is -2.20. The summed E-state index contributed by atoms with van der Waals surface area (Å²) in [6, 6.07) is 52.8. The lowest BCUT2D eigenvalue weighted by Crippen LogP contribution is -2.16. The molecule has 4 aliphatic carbocycles. The van der Waals surface area contributed by atoms with E-state index in [1.165, 1.54) is 21.9 Å². The number of ketones is 4. The standard InChI is InChI=1S/C13H8O.C12H12O.C10H8O2.C10H12O.C10H10O/c14-13-11-7-3-1-5-9(11)10-6-2-4-8-12(10)13;1-9(13)11-7-6-10-4-2-3-5-12(10)8-11;11-9-5-6-10(12)8-4-2-1-3-7(8)9;2*11-10-7-3-5-8-4-1-2-6-9(8)10/h1-8H;2-9,13H,1H3;1-4H,5-6H2;1-2,4,6,10-11H,3,5,7H2;1-2,4,6H,3,5,7H2. The molecule has 61 heavy (non-hydrogen) atoms. The van der Waals surface area contributed by atoms with Gasteiger partial charge < -0.3 is 10.2 Å². The minimum Gasteiger partial charge on any atom is -0.389 e. The molecule has 7 aromatic rings. The van der Waals surface area contributed by atoms with Crippen LogP contribution in [0, 0.1) is 0 Å². The van der Waals surface area contributed by atoms with Crippen molar-refractivity contribution in [3.63, 3.8) is 0 Å². The van der Waals surface area contributed by atoms with Crippen LogP contribution in [-0.2, 0) is 12.8 Å².